The third kappa shape index (κ3) is 2.17. The van der Waals surface area contributed by atoms with Gasteiger partial charge in [0.15, 0.2) is 0 Å². The van der Waals surface area contributed by atoms with Crippen LogP contribution < -0.4 is 5.32 Å². The highest BCUT2D eigenvalue weighted by atomic mass is 35.5. The Morgan fingerprint density at radius 2 is 1.95 bits per heavy atom. The first-order valence-corrected chi connectivity index (χ1v) is 7.14. The Balaban J connectivity index is 1.92. The normalized spacial score (nSPS) is 10.9. The Morgan fingerprint density at radius 3 is 2.60 bits per heavy atom. The van der Waals surface area contributed by atoms with Crippen LogP contribution in [0.5, 0.6) is 0 Å². The maximum Gasteiger partial charge on any atom is 0.267 e. The predicted molar refractivity (Wildman–Crippen MR) is 79.7 cm³/mol. The first-order chi connectivity index (χ1) is 9.56. The summed E-state index contributed by atoms with van der Waals surface area (Å²) in [5, 5.41) is 11.5. The largest absolute Gasteiger partial charge is 0.321 e. The van der Waals surface area contributed by atoms with Gasteiger partial charge in [-0.1, -0.05) is 22.9 Å². The first kappa shape index (κ1) is 13.1. The lowest BCUT2D eigenvalue weighted by molar-refractivity contribution is 0.102. The topological polar surface area (TPSA) is 59.3 Å². The molecule has 0 bridgehead atoms. The Bertz CT molecular complexity index is 791. The summed E-state index contributed by atoms with van der Waals surface area (Å²) in [6, 6.07) is 7.00. The van der Waals surface area contributed by atoms with Crippen molar-refractivity contribution < 1.29 is 4.79 Å². The lowest BCUT2D eigenvalue weighted by Gasteiger charge is -2.04. The number of anilines is 1. The third-order valence-corrected chi connectivity index (χ3v) is 4.34. The van der Waals surface area contributed by atoms with Gasteiger partial charge in [0.1, 0.15) is 10.7 Å². The number of benzene rings is 1. The number of carbonyl (C=O) groups is 1. The Morgan fingerprint density at radius 1 is 1.25 bits per heavy atom. The lowest BCUT2D eigenvalue weighted by Crippen LogP contribution is -2.12. The van der Waals surface area contributed by atoms with Gasteiger partial charge < -0.3 is 5.32 Å². The zero-order chi connectivity index (χ0) is 14.3. The zero-order valence-corrected chi connectivity index (χ0v) is 12.4. The number of fused-ring (bicyclic) bond motifs is 1. The average Bonchev–Trinajstić information content (AvgIpc) is 2.94. The van der Waals surface area contributed by atoms with E-state index in [4.69, 9.17) is 11.6 Å². The molecular weight excluding hydrogens is 296 g/mol. The van der Waals surface area contributed by atoms with E-state index < -0.39 is 0 Å². The predicted octanol–water partition coefficient (Wildman–Crippen LogP) is 3.31. The molecule has 0 saturated carbocycles. The van der Waals surface area contributed by atoms with Crippen molar-refractivity contribution in [2.24, 2.45) is 0 Å². The van der Waals surface area contributed by atoms with Gasteiger partial charge in [-0.25, -0.2) is 0 Å². The van der Waals surface area contributed by atoms with Gasteiger partial charge in [-0.15, -0.1) is 10.2 Å². The summed E-state index contributed by atoms with van der Waals surface area (Å²) in [5.41, 5.74) is 1.55. The molecule has 1 aromatic carbocycles. The zero-order valence-electron chi connectivity index (χ0n) is 10.8. The maximum absolute atomic E-state index is 12.3. The number of nitrogens with one attached hydrogen (secondary N) is 1. The van der Waals surface area contributed by atoms with Gasteiger partial charge in [0.25, 0.3) is 5.91 Å². The van der Waals surface area contributed by atoms with Crippen LogP contribution in [0.3, 0.4) is 0 Å². The minimum absolute atomic E-state index is 0.153. The molecule has 20 heavy (non-hydrogen) atoms. The van der Waals surface area contributed by atoms with E-state index in [2.05, 4.69) is 15.5 Å². The van der Waals surface area contributed by atoms with Crippen molar-refractivity contribution in [1.82, 2.24) is 14.6 Å². The molecule has 0 aliphatic rings. The Kier molecular flexibility index (Phi) is 3.19. The van der Waals surface area contributed by atoms with Crippen molar-refractivity contribution in [3.05, 3.63) is 45.7 Å². The summed E-state index contributed by atoms with van der Waals surface area (Å²) < 4.78 is 1.88. The van der Waals surface area contributed by atoms with Gasteiger partial charge in [-0.2, -0.15) is 0 Å². The Labute approximate surface area is 124 Å². The fraction of sp³-hybridized carbons (Fsp3) is 0.154. The van der Waals surface area contributed by atoms with Crippen molar-refractivity contribution in [2.45, 2.75) is 13.8 Å². The number of rotatable bonds is 2. The number of aryl methyl sites for hydroxylation is 2. The average molecular weight is 307 g/mol. The molecule has 0 atom stereocenters. The lowest BCUT2D eigenvalue weighted by atomic mass is 10.3. The standard InChI is InChI=1S/C13H11ClN4OS/c1-7-11(20-13-17-16-8(2)18(7)13)12(19)15-10-5-3-9(14)4-6-10/h3-6H,1-2H3,(H,15,19). The number of carbonyl (C=O) groups excluding carboxylic acids is 1. The molecule has 102 valence electrons. The molecule has 2 heterocycles. The van der Waals surface area contributed by atoms with Crippen LogP contribution in [-0.4, -0.2) is 20.5 Å². The van der Waals surface area contributed by atoms with Gasteiger partial charge in [0, 0.05) is 16.4 Å². The SMILES string of the molecule is Cc1nnc2sc(C(=O)Nc3ccc(Cl)cc3)c(C)n12. The van der Waals surface area contributed by atoms with E-state index in [0.29, 0.717) is 15.6 Å². The van der Waals surface area contributed by atoms with Crippen molar-refractivity contribution in [1.29, 1.82) is 0 Å². The van der Waals surface area contributed by atoms with Gasteiger partial charge in [-0.05, 0) is 38.1 Å². The van der Waals surface area contributed by atoms with Crippen LogP contribution in [0.2, 0.25) is 5.02 Å². The summed E-state index contributed by atoms with van der Waals surface area (Å²) in [4.78, 5) is 13.7. The molecule has 0 aliphatic carbocycles. The summed E-state index contributed by atoms with van der Waals surface area (Å²) in [5.74, 6) is 0.624. The van der Waals surface area contributed by atoms with E-state index in [-0.39, 0.29) is 5.91 Å². The first-order valence-electron chi connectivity index (χ1n) is 5.94. The molecule has 0 aliphatic heterocycles. The molecule has 0 radical (unpaired) electrons. The number of aromatic nitrogens is 3. The van der Waals surface area contributed by atoms with Crippen LogP contribution in [-0.2, 0) is 0 Å². The van der Waals surface area contributed by atoms with Crippen LogP contribution in [0.15, 0.2) is 24.3 Å². The van der Waals surface area contributed by atoms with Crippen molar-refractivity contribution in [2.75, 3.05) is 5.32 Å². The molecule has 0 spiro atoms. The maximum atomic E-state index is 12.3. The summed E-state index contributed by atoms with van der Waals surface area (Å²) in [6.07, 6.45) is 0. The second-order valence-corrected chi connectivity index (χ2v) is 5.76. The third-order valence-electron chi connectivity index (χ3n) is 2.96. The van der Waals surface area contributed by atoms with Crippen molar-refractivity contribution in [3.8, 4) is 0 Å². The quantitative estimate of drug-likeness (QED) is 0.790. The molecule has 1 amide bonds. The highest BCUT2D eigenvalue weighted by Gasteiger charge is 2.18. The number of amides is 1. The number of hydrogen-bond donors (Lipinski definition) is 1. The minimum atomic E-state index is -0.153. The van der Waals surface area contributed by atoms with Crippen LogP contribution in [0.1, 0.15) is 21.2 Å². The molecular formula is C13H11ClN4OS. The highest BCUT2D eigenvalue weighted by molar-refractivity contribution is 7.19. The van der Waals surface area contributed by atoms with E-state index >= 15 is 0 Å². The molecule has 0 unspecified atom stereocenters. The highest BCUT2D eigenvalue weighted by Crippen LogP contribution is 2.24. The fourth-order valence-electron chi connectivity index (χ4n) is 1.99. The van der Waals surface area contributed by atoms with Crippen molar-refractivity contribution >= 4 is 39.5 Å². The van der Waals surface area contributed by atoms with Crippen LogP contribution in [0.4, 0.5) is 5.69 Å². The van der Waals surface area contributed by atoms with Gasteiger partial charge in [0.2, 0.25) is 4.96 Å². The molecule has 3 rings (SSSR count). The van der Waals surface area contributed by atoms with Gasteiger partial charge in [0.05, 0.1) is 0 Å². The van der Waals surface area contributed by atoms with Gasteiger partial charge >= 0.3 is 0 Å². The van der Waals surface area contributed by atoms with Crippen molar-refractivity contribution in [3.63, 3.8) is 0 Å². The molecule has 3 aromatic rings. The second-order valence-electron chi connectivity index (χ2n) is 4.34. The van der Waals surface area contributed by atoms with Gasteiger partial charge in [-0.3, -0.25) is 9.20 Å². The summed E-state index contributed by atoms with van der Waals surface area (Å²) in [6.45, 7) is 3.75. The molecule has 2 aromatic heterocycles. The van der Waals surface area contributed by atoms with E-state index in [0.717, 1.165) is 16.5 Å². The molecule has 5 nitrogen and oxygen atoms in total. The Hall–Kier alpha value is -1.92. The number of thiazole rings is 1. The summed E-state index contributed by atoms with van der Waals surface area (Å²) >= 11 is 7.14. The van der Waals surface area contributed by atoms with E-state index in [9.17, 15) is 4.79 Å². The monoisotopic (exact) mass is 306 g/mol. The van der Waals surface area contributed by atoms with E-state index in [1.807, 2.05) is 18.2 Å². The summed E-state index contributed by atoms with van der Waals surface area (Å²) in [7, 11) is 0. The second kappa shape index (κ2) is 4.88. The fourth-order valence-corrected chi connectivity index (χ4v) is 3.13. The van der Waals surface area contributed by atoms with E-state index in [1.54, 1.807) is 24.3 Å². The number of hydrogen-bond acceptors (Lipinski definition) is 4. The number of nitrogens with zero attached hydrogens (tertiary/aromatic N) is 3. The van der Waals surface area contributed by atoms with Crippen LogP contribution in [0.25, 0.3) is 4.96 Å². The number of halogens is 1. The molecule has 7 heteroatoms. The van der Waals surface area contributed by atoms with E-state index in [1.165, 1.54) is 11.3 Å². The minimum Gasteiger partial charge on any atom is -0.321 e. The molecule has 0 saturated heterocycles. The molecule has 0 fully saturated rings. The van der Waals surface area contributed by atoms with Crippen LogP contribution >= 0.6 is 22.9 Å². The van der Waals surface area contributed by atoms with Crippen LogP contribution in [0, 0.1) is 13.8 Å². The smallest absolute Gasteiger partial charge is 0.267 e. The molecule has 1 N–H and O–H groups in total.